The Labute approximate surface area is 207 Å². The van der Waals surface area contributed by atoms with Crippen LogP contribution in [0.4, 0.5) is 27.8 Å². The van der Waals surface area contributed by atoms with E-state index in [9.17, 15) is 26.7 Å². The zero-order chi connectivity index (χ0) is 26.7. The van der Waals surface area contributed by atoms with Crippen molar-refractivity contribution in [2.75, 3.05) is 25.5 Å². The van der Waals surface area contributed by atoms with Crippen molar-refractivity contribution in [3.63, 3.8) is 0 Å². The lowest BCUT2D eigenvalue weighted by atomic mass is 9.87. The number of amides is 1. The number of piperidine rings is 1. The van der Waals surface area contributed by atoms with Crippen LogP contribution in [0, 0.1) is 5.92 Å². The van der Waals surface area contributed by atoms with Gasteiger partial charge in [0.1, 0.15) is 5.82 Å². The largest absolute Gasteiger partial charge is 0.434 e. The minimum atomic E-state index is -4.66. The van der Waals surface area contributed by atoms with Crippen LogP contribution in [0.1, 0.15) is 35.0 Å². The van der Waals surface area contributed by atoms with E-state index >= 15 is 0 Å². The van der Waals surface area contributed by atoms with E-state index in [1.165, 1.54) is 25.2 Å². The van der Waals surface area contributed by atoms with Gasteiger partial charge in [-0.25, -0.2) is 18.7 Å². The van der Waals surface area contributed by atoms with Crippen molar-refractivity contribution in [1.82, 2.24) is 14.9 Å². The first-order valence-corrected chi connectivity index (χ1v) is 10.9. The minimum absolute atomic E-state index is 0.00955. The van der Waals surface area contributed by atoms with Gasteiger partial charge in [-0.1, -0.05) is 18.5 Å². The monoisotopic (exact) mass is 532 g/mol. The summed E-state index contributed by atoms with van der Waals surface area (Å²) in [6.07, 6.45) is -3.72. The molecule has 3 N–H and O–H groups in total. The number of nitrogens with zero attached hydrogens (tertiary/aromatic N) is 6. The number of carbonyl (C=O) groups is 1. The van der Waals surface area contributed by atoms with Crippen LogP contribution in [0.3, 0.4) is 0 Å². The number of rotatable bonds is 6. The first-order chi connectivity index (χ1) is 16.8. The highest BCUT2D eigenvalue weighted by atomic mass is 35.5. The smallest absolute Gasteiger partial charge is 0.382 e. The van der Waals surface area contributed by atoms with Gasteiger partial charge in [-0.05, 0) is 29.3 Å². The number of hydrogen-bond donors (Lipinski definition) is 2. The molecule has 0 bridgehead atoms. The van der Waals surface area contributed by atoms with Crippen LogP contribution in [0.5, 0.6) is 0 Å². The SMILES string of the molecule is CN=N/N=C(\N)c1ccc(Cl)cc1C(=O)N1CC(F)(F)CC(C)C1CNc1cnc(C(F)(F)F)cn1. The average molecular weight is 533 g/mol. The first-order valence-electron chi connectivity index (χ1n) is 10.6. The molecule has 36 heavy (non-hydrogen) atoms. The number of carbonyl (C=O) groups excluding carboxylic acids is 1. The Morgan fingerprint density at radius 3 is 2.61 bits per heavy atom. The van der Waals surface area contributed by atoms with Crippen LogP contribution in [0.2, 0.25) is 5.02 Å². The van der Waals surface area contributed by atoms with Crippen molar-refractivity contribution in [3.8, 4) is 0 Å². The molecule has 1 fully saturated rings. The van der Waals surface area contributed by atoms with Crippen LogP contribution in [-0.2, 0) is 6.18 Å². The predicted octanol–water partition coefficient (Wildman–Crippen LogP) is 4.45. The number of halogens is 6. The summed E-state index contributed by atoms with van der Waals surface area (Å²) in [5.41, 5.74) is 4.80. The molecule has 0 radical (unpaired) electrons. The van der Waals surface area contributed by atoms with E-state index < -0.39 is 48.6 Å². The van der Waals surface area contributed by atoms with Crippen molar-refractivity contribution in [2.45, 2.75) is 31.5 Å². The van der Waals surface area contributed by atoms with Crippen LogP contribution < -0.4 is 11.1 Å². The van der Waals surface area contributed by atoms with Crippen LogP contribution in [0.25, 0.3) is 0 Å². The fourth-order valence-electron chi connectivity index (χ4n) is 3.87. The second kappa shape index (κ2) is 10.7. The van der Waals surface area contributed by atoms with Gasteiger partial charge in [-0.2, -0.15) is 18.3 Å². The summed E-state index contributed by atoms with van der Waals surface area (Å²) in [7, 11) is 1.36. The van der Waals surface area contributed by atoms with Gasteiger partial charge in [0.2, 0.25) is 0 Å². The van der Waals surface area contributed by atoms with Crippen molar-refractivity contribution in [1.29, 1.82) is 0 Å². The minimum Gasteiger partial charge on any atom is -0.382 e. The van der Waals surface area contributed by atoms with Gasteiger partial charge in [-0.3, -0.25) is 4.79 Å². The van der Waals surface area contributed by atoms with Crippen LogP contribution in [0.15, 0.2) is 46.0 Å². The highest BCUT2D eigenvalue weighted by Gasteiger charge is 2.46. The summed E-state index contributed by atoms with van der Waals surface area (Å²) >= 11 is 6.07. The van der Waals surface area contributed by atoms with Crippen molar-refractivity contribution in [3.05, 3.63) is 52.4 Å². The van der Waals surface area contributed by atoms with E-state index in [-0.39, 0.29) is 34.3 Å². The highest BCUT2D eigenvalue weighted by molar-refractivity contribution is 6.31. The van der Waals surface area contributed by atoms with E-state index in [2.05, 4.69) is 30.7 Å². The standard InChI is InChI=1S/C21H22ClF5N8O/c1-11-6-20(23,24)10-35(15(11)7-31-17-9-30-16(8-32-17)21(25,26)27)19(36)14-5-12(22)3-4-13(14)18(28)33-34-29-2/h3-5,8-9,11,15H,6-7,10H2,1-2H3,(H,31,32)(H2,28,29,33). The molecule has 1 aliphatic heterocycles. The van der Waals surface area contributed by atoms with Crippen LogP contribution in [-0.4, -0.2) is 58.7 Å². The summed E-state index contributed by atoms with van der Waals surface area (Å²) in [4.78, 5) is 21.5. The normalized spacial score (nSPS) is 20.6. The quantitative estimate of drug-likeness (QED) is 0.187. The zero-order valence-corrected chi connectivity index (χ0v) is 19.9. The molecule has 2 aromatic rings. The third-order valence-corrected chi connectivity index (χ3v) is 5.74. The van der Waals surface area contributed by atoms with E-state index in [1.54, 1.807) is 6.92 Å². The van der Waals surface area contributed by atoms with E-state index in [0.717, 1.165) is 11.1 Å². The molecular formula is C21H22ClF5N8O. The molecule has 1 aliphatic rings. The predicted molar refractivity (Wildman–Crippen MR) is 122 cm³/mol. The molecule has 2 heterocycles. The molecule has 1 aromatic heterocycles. The average Bonchev–Trinajstić information content (AvgIpc) is 2.80. The summed E-state index contributed by atoms with van der Waals surface area (Å²) in [6.45, 7) is 0.583. The number of amidine groups is 1. The highest BCUT2D eigenvalue weighted by Crippen LogP contribution is 2.36. The number of hydrogen-bond acceptors (Lipinski definition) is 6. The third kappa shape index (κ3) is 6.42. The molecule has 1 saturated heterocycles. The molecule has 9 nitrogen and oxygen atoms in total. The summed E-state index contributed by atoms with van der Waals surface area (Å²) < 4.78 is 67.3. The zero-order valence-electron chi connectivity index (χ0n) is 19.1. The molecular weight excluding hydrogens is 511 g/mol. The Morgan fingerprint density at radius 2 is 2.00 bits per heavy atom. The lowest BCUT2D eigenvalue weighted by molar-refractivity contribution is -0.141. The molecule has 3 rings (SSSR count). The maximum atomic E-state index is 14.5. The van der Waals surface area contributed by atoms with Crippen LogP contribution >= 0.6 is 11.6 Å². The van der Waals surface area contributed by atoms with Gasteiger partial charge < -0.3 is 16.0 Å². The molecule has 2 unspecified atom stereocenters. The Bertz CT molecular complexity index is 1160. The summed E-state index contributed by atoms with van der Waals surface area (Å²) in [5.74, 6) is -4.82. The molecule has 194 valence electrons. The number of likely N-dealkylation sites (tertiary alicyclic amines) is 1. The topological polar surface area (TPSA) is 121 Å². The Kier molecular flexibility index (Phi) is 8.06. The maximum Gasteiger partial charge on any atom is 0.434 e. The second-order valence-electron chi connectivity index (χ2n) is 8.17. The molecule has 0 aliphatic carbocycles. The summed E-state index contributed by atoms with van der Waals surface area (Å²) in [5, 5.41) is 13.5. The molecule has 1 aromatic carbocycles. The number of anilines is 1. The van der Waals surface area contributed by atoms with Crippen molar-refractivity contribution < 1.29 is 26.7 Å². The van der Waals surface area contributed by atoms with Gasteiger partial charge in [0, 0.05) is 23.6 Å². The Morgan fingerprint density at radius 1 is 1.28 bits per heavy atom. The number of nitrogens with one attached hydrogen (secondary N) is 1. The molecule has 15 heteroatoms. The number of nitrogens with two attached hydrogens (primary N) is 1. The van der Waals surface area contributed by atoms with Gasteiger partial charge in [0.25, 0.3) is 11.8 Å². The Hall–Kier alpha value is -3.42. The number of aromatic nitrogens is 2. The van der Waals surface area contributed by atoms with Crippen molar-refractivity contribution in [2.24, 2.45) is 27.1 Å². The van der Waals surface area contributed by atoms with Gasteiger partial charge >= 0.3 is 6.18 Å². The van der Waals surface area contributed by atoms with E-state index in [4.69, 9.17) is 17.3 Å². The number of alkyl halides is 5. The molecule has 0 saturated carbocycles. The second-order valence-corrected chi connectivity index (χ2v) is 8.60. The fraction of sp³-hybridized carbons (Fsp3) is 0.429. The van der Waals surface area contributed by atoms with Gasteiger partial charge in [-0.15, -0.1) is 5.10 Å². The Balaban J connectivity index is 1.91. The lowest BCUT2D eigenvalue weighted by Gasteiger charge is -2.43. The van der Waals surface area contributed by atoms with Crippen molar-refractivity contribution >= 4 is 29.2 Å². The third-order valence-electron chi connectivity index (χ3n) is 5.50. The number of benzene rings is 1. The maximum absolute atomic E-state index is 14.5. The van der Waals surface area contributed by atoms with E-state index in [1.807, 2.05) is 0 Å². The van der Waals surface area contributed by atoms with Gasteiger partial charge in [0.05, 0.1) is 37.6 Å². The fourth-order valence-corrected chi connectivity index (χ4v) is 4.04. The lowest BCUT2D eigenvalue weighted by Crippen LogP contribution is -2.57. The molecule has 0 spiro atoms. The molecule has 2 atom stereocenters. The van der Waals surface area contributed by atoms with E-state index in [0.29, 0.717) is 6.20 Å². The molecule has 1 amide bonds. The van der Waals surface area contributed by atoms with Gasteiger partial charge in [0.15, 0.2) is 11.5 Å². The first kappa shape index (κ1) is 27.2. The summed E-state index contributed by atoms with van der Waals surface area (Å²) in [6, 6.07) is 3.38.